The molecule has 1 N–H and O–H groups in total. The summed E-state index contributed by atoms with van der Waals surface area (Å²) in [6, 6.07) is 10.1. The van der Waals surface area contributed by atoms with Gasteiger partial charge in [-0.1, -0.05) is 18.2 Å². The van der Waals surface area contributed by atoms with Gasteiger partial charge >= 0.3 is 0 Å². The monoisotopic (exact) mass is 332 g/mol. The molecule has 4 nitrogen and oxygen atoms in total. The third-order valence-corrected chi connectivity index (χ3v) is 4.11. The van der Waals surface area contributed by atoms with Gasteiger partial charge in [0.1, 0.15) is 17.4 Å². The van der Waals surface area contributed by atoms with Gasteiger partial charge in [-0.3, -0.25) is 4.79 Å². The highest BCUT2D eigenvalue weighted by Gasteiger charge is 2.30. The van der Waals surface area contributed by atoms with Gasteiger partial charge in [-0.2, -0.15) is 0 Å². The van der Waals surface area contributed by atoms with Gasteiger partial charge in [-0.15, -0.1) is 0 Å². The van der Waals surface area contributed by atoms with Crippen molar-refractivity contribution in [2.45, 2.75) is 6.04 Å². The van der Waals surface area contributed by atoms with Crippen LogP contribution in [-0.2, 0) is 0 Å². The number of methoxy groups -OCH3 is 1. The second-order valence-corrected chi connectivity index (χ2v) is 5.62. The molecular formula is C18H18F2N2O2. The molecule has 24 heavy (non-hydrogen) atoms. The molecule has 1 saturated heterocycles. The first-order chi connectivity index (χ1) is 11.6. The van der Waals surface area contributed by atoms with Crippen molar-refractivity contribution < 1.29 is 18.3 Å². The minimum Gasteiger partial charge on any atom is -0.496 e. The first-order valence-electron chi connectivity index (χ1n) is 7.71. The number of amides is 1. The van der Waals surface area contributed by atoms with Crippen LogP contribution < -0.4 is 10.1 Å². The summed E-state index contributed by atoms with van der Waals surface area (Å²) in [5.74, 6) is -1.25. The fraction of sp³-hybridized carbons (Fsp3) is 0.278. The van der Waals surface area contributed by atoms with E-state index in [1.165, 1.54) is 0 Å². The van der Waals surface area contributed by atoms with Crippen molar-refractivity contribution in [3.8, 4) is 5.75 Å². The van der Waals surface area contributed by atoms with Gasteiger partial charge in [0.05, 0.1) is 13.2 Å². The molecule has 1 aliphatic rings. The SMILES string of the molecule is COc1ccccc1C1CNCCN1C(=O)c1cc(F)cc(F)c1. The molecule has 0 spiro atoms. The Bertz CT molecular complexity index is 731. The Morgan fingerprint density at radius 2 is 1.92 bits per heavy atom. The van der Waals surface area contributed by atoms with Crippen LogP contribution >= 0.6 is 0 Å². The van der Waals surface area contributed by atoms with Crippen LogP contribution in [0.15, 0.2) is 42.5 Å². The normalized spacial score (nSPS) is 17.6. The lowest BCUT2D eigenvalue weighted by atomic mass is 10.0. The number of benzene rings is 2. The van der Waals surface area contributed by atoms with E-state index >= 15 is 0 Å². The van der Waals surface area contributed by atoms with E-state index in [1.807, 2.05) is 24.3 Å². The molecule has 2 aromatic rings. The van der Waals surface area contributed by atoms with Crippen LogP contribution in [0, 0.1) is 11.6 Å². The molecule has 1 atom stereocenters. The maximum atomic E-state index is 13.5. The topological polar surface area (TPSA) is 41.6 Å². The number of ether oxygens (including phenoxy) is 1. The molecule has 126 valence electrons. The van der Waals surface area contributed by atoms with Gasteiger partial charge in [0.15, 0.2) is 0 Å². The zero-order valence-electron chi connectivity index (χ0n) is 13.3. The van der Waals surface area contributed by atoms with Crippen LogP contribution in [-0.4, -0.2) is 37.6 Å². The van der Waals surface area contributed by atoms with E-state index in [0.29, 0.717) is 25.4 Å². The summed E-state index contributed by atoms with van der Waals surface area (Å²) in [5, 5.41) is 3.25. The number of nitrogens with zero attached hydrogens (tertiary/aromatic N) is 1. The standard InChI is InChI=1S/C18H18F2N2O2/c1-24-17-5-3-2-4-15(17)16-11-21-6-7-22(16)18(23)12-8-13(19)10-14(20)9-12/h2-5,8-10,16,21H,6-7,11H2,1H3. The van der Waals surface area contributed by atoms with Crippen molar-refractivity contribution in [3.05, 3.63) is 65.2 Å². The number of hydrogen-bond donors (Lipinski definition) is 1. The summed E-state index contributed by atoms with van der Waals surface area (Å²) < 4.78 is 32.3. The van der Waals surface area contributed by atoms with E-state index in [9.17, 15) is 13.6 Å². The molecule has 0 aliphatic carbocycles. The minimum absolute atomic E-state index is 0.00861. The zero-order chi connectivity index (χ0) is 17.1. The van der Waals surface area contributed by atoms with Crippen molar-refractivity contribution in [3.63, 3.8) is 0 Å². The van der Waals surface area contributed by atoms with Crippen LogP contribution in [0.3, 0.4) is 0 Å². The molecular weight excluding hydrogens is 314 g/mol. The highest BCUT2D eigenvalue weighted by Crippen LogP contribution is 2.31. The highest BCUT2D eigenvalue weighted by molar-refractivity contribution is 5.94. The molecule has 0 radical (unpaired) electrons. The highest BCUT2D eigenvalue weighted by atomic mass is 19.1. The van der Waals surface area contributed by atoms with E-state index in [4.69, 9.17) is 4.74 Å². The van der Waals surface area contributed by atoms with Gasteiger partial charge in [0.25, 0.3) is 5.91 Å². The molecule has 2 aromatic carbocycles. The van der Waals surface area contributed by atoms with E-state index < -0.39 is 17.5 Å². The van der Waals surface area contributed by atoms with E-state index in [1.54, 1.807) is 12.0 Å². The Labute approximate surface area is 139 Å². The van der Waals surface area contributed by atoms with Gasteiger partial charge in [0.2, 0.25) is 0 Å². The third kappa shape index (κ3) is 3.23. The Morgan fingerprint density at radius 3 is 2.62 bits per heavy atom. The number of hydrogen-bond acceptors (Lipinski definition) is 3. The Hall–Kier alpha value is -2.47. The van der Waals surface area contributed by atoms with Gasteiger partial charge in [0, 0.05) is 36.8 Å². The molecule has 0 saturated carbocycles. The first-order valence-corrected chi connectivity index (χ1v) is 7.71. The smallest absolute Gasteiger partial charge is 0.254 e. The summed E-state index contributed by atoms with van der Waals surface area (Å²) in [4.78, 5) is 14.4. The predicted molar refractivity (Wildman–Crippen MR) is 86.0 cm³/mol. The Morgan fingerprint density at radius 1 is 1.21 bits per heavy atom. The number of rotatable bonds is 3. The summed E-state index contributed by atoms with van der Waals surface area (Å²) in [5.41, 5.74) is 0.867. The summed E-state index contributed by atoms with van der Waals surface area (Å²) >= 11 is 0. The fourth-order valence-electron chi connectivity index (χ4n) is 3.01. The summed E-state index contributed by atoms with van der Waals surface area (Å²) in [6.07, 6.45) is 0. The first kappa shape index (κ1) is 16.4. The largest absolute Gasteiger partial charge is 0.496 e. The lowest BCUT2D eigenvalue weighted by Gasteiger charge is -2.37. The number of halogens is 2. The Balaban J connectivity index is 1.96. The second-order valence-electron chi connectivity index (χ2n) is 5.62. The van der Waals surface area contributed by atoms with Crippen molar-refractivity contribution >= 4 is 5.91 Å². The molecule has 1 unspecified atom stereocenters. The average molecular weight is 332 g/mol. The number of para-hydroxylation sites is 1. The number of carbonyl (C=O) groups excluding carboxylic acids is 1. The summed E-state index contributed by atoms with van der Waals surface area (Å²) in [6.45, 7) is 1.61. The van der Waals surface area contributed by atoms with Crippen molar-refractivity contribution in [1.29, 1.82) is 0 Å². The van der Waals surface area contributed by atoms with Gasteiger partial charge in [-0.05, 0) is 18.2 Å². The van der Waals surface area contributed by atoms with E-state index in [-0.39, 0.29) is 11.6 Å². The molecule has 1 amide bonds. The van der Waals surface area contributed by atoms with Crippen molar-refractivity contribution in [2.75, 3.05) is 26.7 Å². The maximum Gasteiger partial charge on any atom is 0.254 e. The molecule has 0 bridgehead atoms. The van der Waals surface area contributed by atoms with Crippen molar-refractivity contribution in [1.82, 2.24) is 10.2 Å². The minimum atomic E-state index is -0.762. The molecule has 1 aliphatic heterocycles. The summed E-state index contributed by atoms with van der Waals surface area (Å²) in [7, 11) is 1.57. The number of nitrogens with one attached hydrogen (secondary N) is 1. The molecule has 3 rings (SSSR count). The molecule has 1 fully saturated rings. The lowest BCUT2D eigenvalue weighted by Crippen LogP contribution is -2.48. The van der Waals surface area contributed by atoms with E-state index in [2.05, 4.69) is 5.32 Å². The molecule has 6 heteroatoms. The van der Waals surface area contributed by atoms with Gasteiger partial charge in [-0.25, -0.2) is 8.78 Å². The molecule has 0 aromatic heterocycles. The average Bonchev–Trinajstić information content (AvgIpc) is 2.60. The number of carbonyl (C=O) groups is 1. The predicted octanol–water partition coefficient (Wildman–Crippen LogP) is 2.76. The van der Waals surface area contributed by atoms with Crippen LogP contribution in [0.4, 0.5) is 8.78 Å². The second kappa shape index (κ2) is 6.97. The Kier molecular flexibility index (Phi) is 4.76. The zero-order valence-corrected chi connectivity index (χ0v) is 13.3. The van der Waals surface area contributed by atoms with Crippen LogP contribution in [0.25, 0.3) is 0 Å². The maximum absolute atomic E-state index is 13.5. The fourth-order valence-corrected chi connectivity index (χ4v) is 3.01. The van der Waals surface area contributed by atoms with Gasteiger partial charge < -0.3 is 15.0 Å². The number of piperazine rings is 1. The van der Waals surface area contributed by atoms with Crippen LogP contribution in [0.5, 0.6) is 5.75 Å². The van der Waals surface area contributed by atoms with Crippen LogP contribution in [0.1, 0.15) is 22.0 Å². The quantitative estimate of drug-likeness (QED) is 0.940. The van der Waals surface area contributed by atoms with Crippen LogP contribution in [0.2, 0.25) is 0 Å². The molecule has 1 heterocycles. The van der Waals surface area contributed by atoms with E-state index in [0.717, 1.165) is 23.8 Å². The van der Waals surface area contributed by atoms with Crippen molar-refractivity contribution in [2.24, 2.45) is 0 Å². The lowest BCUT2D eigenvalue weighted by molar-refractivity contribution is 0.0630. The third-order valence-electron chi connectivity index (χ3n) is 4.11.